The molecule has 2 N–H and O–H groups in total. The van der Waals surface area contributed by atoms with Crippen molar-refractivity contribution in [3.8, 4) is 5.75 Å². The summed E-state index contributed by atoms with van der Waals surface area (Å²) in [6.45, 7) is 9.77. The minimum absolute atomic E-state index is 0.0891. The second-order valence-corrected chi connectivity index (χ2v) is 9.34. The van der Waals surface area contributed by atoms with Gasteiger partial charge in [-0.1, -0.05) is 41.4 Å². The van der Waals surface area contributed by atoms with Crippen LogP contribution < -0.4 is 15.4 Å². The summed E-state index contributed by atoms with van der Waals surface area (Å²) in [6.07, 6.45) is 0.0161. The van der Waals surface area contributed by atoms with Crippen LogP contribution in [0.1, 0.15) is 44.2 Å². The van der Waals surface area contributed by atoms with Crippen molar-refractivity contribution < 1.29 is 14.3 Å². The molecular weight excluding hydrogens is 435 g/mol. The van der Waals surface area contributed by atoms with Crippen LogP contribution in [0.5, 0.6) is 5.75 Å². The molecule has 2 heterocycles. The van der Waals surface area contributed by atoms with Crippen LogP contribution in [-0.2, 0) is 15.0 Å². The number of hydrogen-bond donors (Lipinski definition) is 2. The van der Waals surface area contributed by atoms with E-state index in [0.29, 0.717) is 27.1 Å². The molecule has 2 aliphatic rings. The number of anilines is 1. The Hall–Kier alpha value is -2.50. The molecule has 2 aromatic rings. The number of amides is 2. The second kappa shape index (κ2) is 7.88. The normalized spacial score (nSPS) is 24.7. The third-order valence-electron chi connectivity index (χ3n) is 5.95. The maximum atomic E-state index is 13.7. The molecule has 0 saturated carbocycles. The largest absolute Gasteiger partial charge is 0.491 e. The van der Waals surface area contributed by atoms with Gasteiger partial charge in [-0.2, -0.15) is 0 Å². The van der Waals surface area contributed by atoms with Crippen molar-refractivity contribution in [3.05, 3.63) is 69.7 Å². The number of benzene rings is 2. The minimum atomic E-state index is -1.11. The standard InChI is InChI=1S/C24H24Cl2N2O3/c1-12(2)22-24(17-7-5-15(26)10-19(17)27-23(24)30)18(11-21(29)28-22)16-9-14(25)6-8-20(16)31-13(3)4/h5-10,13,18,22H,1,11H2,2-4H3,(H,27,30)(H,28,29). The van der Waals surface area contributed by atoms with Gasteiger partial charge in [-0.3, -0.25) is 9.59 Å². The number of fused-ring (bicyclic) bond motifs is 2. The summed E-state index contributed by atoms with van der Waals surface area (Å²) in [6, 6.07) is 10.1. The van der Waals surface area contributed by atoms with Crippen LogP contribution >= 0.6 is 23.2 Å². The van der Waals surface area contributed by atoms with Crippen LogP contribution in [0, 0.1) is 0 Å². The van der Waals surface area contributed by atoms with Crippen LogP contribution in [0.2, 0.25) is 10.0 Å². The number of hydrogen-bond acceptors (Lipinski definition) is 3. The molecule has 1 fully saturated rings. The van der Waals surface area contributed by atoms with Crippen molar-refractivity contribution in [2.75, 3.05) is 5.32 Å². The summed E-state index contributed by atoms with van der Waals surface area (Å²) in [5.74, 6) is -0.278. The molecule has 0 radical (unpaired) electrons. The monoisotopic (exact) mass is 458 g/mol. The van der Waals surface area contributed by atoms with Gasteiger partial charge in [0.1, 0.15) is 11.2 Å². The first-order valence-corrected chi connectivity index (χ1v) is 10.9. The minimum Gasteiger partial charge on any atom is -0.491 e. The van der Waals surface area contributed by atoms with Crippen molar-refractivity contribution in [1.29, 1.82) is 0 Å². The van der Waals surface area contributed by atoms with E-state index in [-0.39, 0.29) is 24.3 Å². The summed E-state index contributed by atoms with van der Waals surface area (Å²) in [4.78, 5) is 26.5. The lowest BCUT2D eigenvalue weighted by Gasteiger charge is -2.46. The summed E-state index contributed by atoms with van der Waals surface area (Å²) < 4.78 is 6.06. The highest BCUT2D eigenvalue weighted by Gasteiger charge is 2.61. The summed E-state index contributed by atoms with van der Waals surface area (Å²) in [5, 5.41) is 7.01. The highest BCUT2D eigenvalue weighted by Crippen LogP contribution is 2.55. The zero-order valence-corrected chi connectivity index (χ0v) is 19.1. The highest BCUT2D eigenvalue weighted by atomic mass is 35.5. The number of piperidine rings is 1. The van der Waals surface area contributed by atoms with Gasteiger partial charge < -0.3 is 15.4 Å². The Morgan fingerprint density at radius 1 is 1.16 bits per heavy atom. The third kappa shape index (κ3) is 3.50. The lowest BCUT2D eigenvalue weighted by atomic mass is 9.59. The summed E-state index contributed by atoms with van der Waals surface area (Å²) >= 11 is 12.6. The SMILES string of the molecule is C=C(C)C1NC(=O)CC(c2cc(Cl)ccc2OC(C)C)C12C(=O)Nc1cc(Cl)ccc12. The van der Waals surface area contributed by atoms with Crippen molar-refractivity contribution >= 4 is 40.7 Å². The predicted octanol–water partition coefficient (Wildman–Crippen LogP) is 5.22. The van der Waals surface area contributed by atoms with Crippen LogP contribution in [-0.4, -0.2) is 24.0 Å². The van der Waals surface area contributed by atoms with Crippen LogP contribution in [0.3, 0.4) is 0 Å². The fourth-order valence-corrected chi connectivity index (χ4v) is 5.22. The molecule has 0 aromatic heterocycles. The maximum absolute atomic E-state index is 13.7. The van der Waals surface area contributed by atoms with Crippen molar-refractivity contribution in [1.82, 2.24) is 5.32 Å². The van der Waals surface area contributed by atoms with Crippen molar-refractivity contribution in [2.24, 2.45) is 0 Å². The Morgan fingerprint density at radius 2 is 1.84 bits per heavy atom. The van der Waals surface area contributed by atoms with E-state index in [1.807, 2.05) is 26.8 Å². The fraction of sp³-hybridized carbons (Fsp3) is 0.333. The Balaban J connectivity index is 2.02. The van der Waals surface area contributed by atoms with Gasteiger partial charge in [-0.05, 0) is 56.7 Å². The maximum Gasteiger partial charge on any atom is 0.238 e. The van der Waals surface area contributed by atoms with Gasteiger partial charge in [0, 0.05) is 33.6 Å². The molecule has 7 heteroatoms. The van der Waals surface area contributed by atoms with Gasteiger partial charge >= 0.3 is 0 Å². The van der Waals surface area contributed by atoms with E-state index in [1.165, 1.54) is 0 Å². The molecular formula is C24H24Cl2N2O3. The first-order chi connectivity index (χ1) is 14.6. The van der Waals surface area contributed by atoms with E-state index >= 15 is 0 Å². The molecule has 1 spiro atoms. The summed E-state index contributed by atoms with van der Waals surface area (Å²) in [7, 11) is 0. The molecule has 162 valence electrons. The number of ether oxygens (including phenoxy) is 1. The Labute approximate surface area is 191 Å². The molecule has 0 aliphatic carbocycles. The molecule has 3 atom stereocenters. The van der Waals surface area contributed by atoms with Crippen LogP contribution in [0.25, 0.3) is 0 Å². The van der Waals surface area contributed by atoms with E-state index in [0.717, 1.165) is 11.1 Å². The number of halogens is 2. The first-order valence-electron chi connectivity index (χ1n) is 10.2. The molecule has 2 aliphatic heterocycles. The zero-order chi connectivity index (χ0) is 22.5. The van der Waals surface area contributed by atoms with Gasteiger partial charge in [0.25, 0.3) is 0 Å². The fourth-order valence-electron chi connectivity index (χ4n) is 4.86. The molecule has 0 bridgehead atoms. The van der Waals surface area contributed by atoms with Gasteiger partial charge in [-0.25, -0.2) is 0 Å². The number of nitrogens with one attached hydrogen (secondary N) is 2. The number of rotatable bonds is 4. The number of carbonyl (C=O) groups excluding carboxylic acids is 2. The Kier molecular flexibility index (Phi) is 5.52. The molecule has 3 unspecified atom stereocenters. The topological polar surface area (TPSA) is 67.4 Å². The van der Waals surface area contributed by atoms with Crippen molar-refractivity contribution in [3.63, 3.8) is 0 Å². The first kappa shape index (κ1) is 21.7. The summed E-state index contributed by atoms with van der Waals surface area (Å²) in [5.41, 5.74) is 1.71. The Bertz CT molecular complexity index is 1100. The van der Waals surface area contributed by atoms with Gasteiger partial charge in [0.15, 0.2) is 0 Å². The lowest BCUT2D eigenvalue weighted by molar-refractivity contribution is -0.130. The van der Waals surface area contributed by atoms with Gasteiger partial charge in [0.2, 0.25) is 11.8 Å². The van der Waals surface area contributed by atoms with Crippen molar-refractivity contribution in [2.45, 2.75) is 50.7 Å². The average Bonchev–Trinajstić information content (AvgIpc) is 2.96. The van der Waals surface area contributed by atoms with E-state index in [4.69, 9.17) is 27.9 Å². The van der Waals surface area contributed by atoms with E-state index in [2.05, 4.69) is 17.2 Å². The smallest absolute Gasteiger partial charge is 0.238 e. The lowest BCUT2D eigenvalue weighted by Crippen LogP contribution is -2.62. The highest BCUT2D eigenvalue weighted by molar-refractivity contribution is 6.31. The Morgan fingerprint density at radius 3 is 2.52 bits per heavy atom. The quantitative estimate of drug-likeness (QED) is 0.617. The molecule has 31 heavy (non-hydrogen) atoms. The predicted molar refractivity (Wildman–Crippen MR) is 123 cm³/mol. The van der Waals surface area contributed by atoms with Gasteiger partial charge in [-0.15, -0.1) is 0 Å². The van der Waals surface area contributed by atoms with Crippen LogP contribution in [0.15, 0.2) is 48.6 Å². The second-order valence-electron chi connectivity index (χ2n) is 8.47. The van der Waals surface area contributed by atoms with E-state index in [9.17, 15) is 9.59 Å². The molecule has 1 saturated heterocycles. The van der Waals surface area contributed by atoms with Gasteiger partial charge in [0.05, 0.1) is 12.1 Å². The van der Waals surface area contributed by atoms with Crippen LogP contribution in [0.4, 0.5) is 5.69 Å². The average molecular weight is 459 g/mol. The van der Waals surface area contributed by atoms with E-state index < -0.39 is 17.4 Å². The molecule has 5 nitrogen and oxygen atoms in total. The number of carbonyl (C=O) groups is 2. The molecule has 2 amide bonds. The zero-order valence-electron chi connectivity index (χ0n) is 17.6. The van der Waals surface area contributed by atoms with E-state index in [1.54, 1.807) is 30.3 Å². The third-order valence-corrected chi connectivity index (χ3v) is 6.42. The molecule has 4 rings (SSSR count). The molecule has 2 aromatic carbocycles.